The third kappa shape index (κ3) is 3.22. The van der Waals surface area contributed by atoms with E-state index in [0.29, 0.717) is 6.61 Å². The van der Waals surface area contributed by atoms with Crippen molar-refractivity contribution in [1.82, 2.24) is 5.32 Å². The van der Waals surface area contributed by atoms with E-state index in [4.69, 9.17) is 9.47 Å². The standard InChI is InChI=1S/C9H17NO3/c1-3-12-9(11)10-7(2)8-5-4-6-13-8/h7-8H,3-6H2,1-2H3,(H,10,11). The van der Waals surface area contributed by atoms with Crippen LogP contribution in [0.25, 0.3) is 0 Å². The summed E-state index contributed by atoms with van der Waals surface area (Å²) in [5.74, 6) is 0. The second kappa shape index (κ2) is 5.07. The van der Waals surface area contributed by atoms with E-state index in [9.17, 15) is 4.79 Å². The van der Waals surface area contributed by atoms with Crippen molar-refractivity contribution in [2.45, 2.75) is 38.8 Å². The smallest absolute Gasteiger partial charge is 0.407 e. The zero-order chi connectivity index (χ0) is 9.68. The van der Waals surface area contributed by atoms with Gasteiger partial charge in [-0.15, -0.1) is 0 Å². The van der Waals surface area contributed by atoms with Crippen LogP contribution < -0.4 is 5.32 Å². The van der Waals surface area contributed by atoms with Gasteiger partial charge in [-0.3, -0.25) is 0 Å². The molecule has 2 atom stereocenters. The molecule has 0 bridgehead atoms. The Morgan fingerprint density at radius 3 is 3.08 bits per heavy atom. The molecule has 1 heterocycles. The highest BCUT2D eigenvalue weighted by molar-refractivity contribution is 5.67. The SMILES string of the molecule is CCOC(=O)NC(C)C1CCCO1. The number of ether oxygens (including phenoxy) is 2. The average molecular weight is 187 g/mol. The summed E-state index contributed by atoms with van der Waals surface area (Å²) in [5, 5.41) is 2.74. The Hall–Kier alpha value is -0.770. The van der Waals surface area contributed by atoms with Crippen LogP contribution in [-0.4, -0.2) is 31.5 Å². The van der Waals surface area contributed by atoms with Crippen LogP contribution in [0.5, 0.6) is 0 Å². The molecule has 1 amide bonds. The second-order valence-corrected chi connectivity index (χ2v) is 3.20. The molecule has 1 aliphatic rings. The first-order chi connectivity index (χ1) is 6.24. The van der Waals surface area contributed by atoms with Crippen LogP contribution in [0.4, 0.5) is 4.79 Å². The molecule has 0 saturated carbocycles. The predicted octanol–water partition coefficient (Wildman–Crippen LogP) is 1.30. The van der Waals surface area contributed by atoms with Crippen LogP contribution in [0.2, 0.25) is 0 Å². The lowest BCUT2D eigenvalue weighted by Gasteiger charge is -2.19. The molecule has 0 radical (unpaired) electrons. The number of nitrogens with one attached hydrogen (secondary N) is 1. The molecule has 1 fully saturated rings. The van der Waals surface area contributed by atoms with Gasteiger partial charge in [0.2, 0.25) is 0 Å². The van der Waals surface area contributed by atoms with E-state index in [1.807, 2.05) is 6.92 Å². The van der Waals surface area contributed by atoms with Crippen molar-refractivity contribution < 1.29 is 14.3 Å². The first kappa shape index (κ1) is 10.3. The van der Waals surface area contributed by atoms with Crippen LogP contribution in [0.1, 0.15) is 26.7 Å². The van der Waals surface area contributed by atoms with Gasteiger partial charge in [-0.1, -0.05) is 0 Å². The van der Waals surface area contributed by atoms with Crippen LogP contribution in [0.3, 0.4) is 0 Å². The Balaban J connectivity index is 2.22. The number of carbonyl (C=O) groups excluding carboxylic acids is 1. The Bertz CT molecular complexity index is 166. The topological polar surface area (TPSA) is 47.6 Å². The summed E-state index contributed by atoms with van der Waals surface area (Å²) in [5.41, 5.74) is 0. The maximum atomic E-state index is 11.0. The molecule has 1 aliphatic heterocycles. The number of hydrogen-bond acceptors (Lipinski definition) is 3. The first-order valence-corrected chi connectivity index (χ1v) is 4.79. The number of hydrogen-bond donors (Lipinski definition) is 1. The van der Waals surface area contributed by atoms with Crippen molar-refractivity contribution in [3.05, 3.63) is 0 Å². The van der Waals surface area contributed by atoms with Gasteiger partial charge in [-0.2, -0.15) is 0 Å². The highest BCUT2D eigenvalue weighted by atomic mass is 16.5. The van der Waals surface area contributed by atoms with Crippen molar-refractivity contribution in [2.24, 2.45) is 0 Å². The minimum Gasteiger partial charge on any atom is -0.450 e. The van der Waals surface area contributed by atoms with E-state index < -0.39 is 0 Å². The molecule has 2 unspecified atom stereocenters. The normalized spacial score (nSPS) is 24.0. The van der Waals surface area contributed by atoms with Gasteiger partial charge in [0.05, 0.1) is 18.8 Å². The molecule has 4 nitrogen and oxygen atoms in total. The molecule has 0 aromatic heterocycles. The largest absolute Gasteiger partial charge is 0.450 e. The molecule has 13 heavy (non-hydrogen) atoms. The van der Waals surface area contributed by atoms with Gasteiger partial charge in [-0.25, -0.2) is 4.79 Å². The number of carbonyl (C=O) groups is 1. The molecule has 76 valence electrons. The lowest BCUT2D eigenvalue weighted by atomic mass is 10.1. The molecule has 1 N–H and O–H groups in total. The third-order valence-corrected chi connectivity index (χ3v) is 2.14. The fourth-order valence-electron chi connectivity index (χ4n) is 1.45. The highest BCUT2D eigenvalue weighted by Crippen LogP contribution is 2.15. The molecule has 1 saturated heterocycles. The lowest BCUT2D eigenvalue weighted by Crippen LogP contribution is -2.41. The summed E-state index contributed by atoms with van der Waals surface area (Å²) in [4.78, 5) is 11.0. The number of alkyl carbamates (subject to hydrolysis) is 1. The van der Waals surface area contributed by atoms with Crippen LogP contribution in [0.15, 0.2) is 0 Å². The zero-order valence-corrected chi connectivity index (χ0v) is 8.21. The quantitative estimate of drug-likeness (QED) is 0.724. The molecule has 0 spiro atoms. The Morgan fingerprint density at radius 2 is 2.54 bits per heavy atom. The molecule has 4 heteroatoms. The molecular weight excluding hydrogens is 170 g/mol. The van der Waals surface area contributed by atoms with E-state index in [1.54, 1.807) is 6.92 Å². The van der Waals surface area contributed by atoms with Gasteiger partial charge in [0, 0.05) is 6.61 Å². The van der Waals surface area contributed by atoms with Gasteiger partial charge in [0.25, 0.3) is 0 Å². The first-order valence-electron chi connectivity index (χ1n) is 4.79. The Kier molecular flexibility index (Phi) is 4.02. The molecule has 0 aliphatic carbocycles. The van der Waals surface area contributed by atoms with Crippen LogP contribution in [0, 0.1) is 0 Å². The maximum Gasteiger partial charge on any atom is 0.407 e. The second-order valence-electron chi connectivity index (χ2n) is 3.20. The van der Waals surface area contributed by atoms with Crippen molar-refractivity contribution in [1.29, 1.82) is 0 Å². The van der Waals surface area contributed by atoms with Crippen LogP contribution in [-0.2, 0) is 9.47 Å². The van der Waals surface area contributed by atoms with Gasteiger partial charge in [0.1, 0.15) is 0 Å². The monoisotopic (exact) mass is 187 g/mol. The van der Waals surface area contributed by atoms with Crippen molar-refractivity contribution in [3.63, 3.8) is 0 Å². The zero-order valence-electron chi connectivity index (χ0n) is 8.21. The molecular formula is C9H17NO3. The number of amides is 1. The summed E-state index contributed by atoms with van der Waals surface area (Å²) >= 11 is 0. The van der Waals surface area contributed by atoms with E-state index in [2.05, 4.69) is 5.32 Å². The summed E-state index contributed by atoms with van der Waals surface area (Å²) in [7, 11) is 0. The molecule has 0 aromatic carbocycles. The summed E-state index contributed by atoms with van der Waals surface area (Å²) < 4.78 is 10.2. The number of rotatable bonds is 3. The summed E-state index contributed by atoms with van der Waals surface area (Å²) in [6.07, 6.45) is 1.91. The van der Waals surface area contributed by atoms with Gasteiger partial charge >= 0.3 is 6.09 Å². The fraction of sp³-hybridized carbons (Fsp3) is 0.889. The van der Waals surface area contributed by atoms with Gasteiger partial charge in [0.15, 0.2) is 0 Å². The van der Waals surface area contributed by atoms with Crippen molar-refractivity contribution in [3.8, 4) is 0 Å². The summed E-state index contributed by atoms with van der Waals surface area (Å²) in [6.45, 7) is 4.94. The predicted molar refractivity (Wildman–Crippen MR) is 48.6 cm³/mol. The van der Waals surface area contributed by atoms with Crippen molar-refractivity contribution in [2.75, 3.05) is 13.2 Å². The van der Waals surface area contributed by atoms with E-state index in [1.165, 1.54) is 0 Å². The Morgan fingerprint density at radius 1 is 1.77 bits per heavy atom. The van der Waals surface area contributed by atoms with E-state index in [0.717, 1.165) is 19.4 Å². The maximum absolute atomic E-state index is 11.0. The van der Waals surface area contributed by atoms with Crippen LogP contribution >= 0.6 is 0 Å². The van der Waals surface area contributed by atoms with Gasteiger partial charge < -0.3 is 14.8 Å². The minimum atomic E-state index is -0.356. The Labute approximate surface area is 78.6 Å². The molecule has 0 aromatic rings. The summed E-state index contributed by atoms with van der Waals surface area (Å²) in [6, 6.07) is 0.0431. The van der Waals surface area contributed by atoms with E-state index >= 15 is 0 Å². The minimum absolute atomic E-state index is 0.0431. The fourth-order valence-corrected chi connectivity index (χ4v) is 1.45. The highest BCUT2D eigenvalue weighted by Gasteiger charge is 2.23. The molecule has 1 rings (SSSR count). The third-order valence-electron chi connectivity index (χ3n) is 2.14. The lowest BCUT2D eigenvalue weighted by molar-refractivity contribution is 0.0777. The van der Waals surface area contributed by atoms with Crippen molar-refractivity contribution >= 4 is 6.09 Å². The average Bonchev–Trinajstić information content (AvgIpc) is 2.55. The van der Waals surface area contributed by atoms with E-state index in [-0.39, 0.29) is 18.2 Å². The van der Waals surface area contributed by atoms with Gasteiger partial charge in [-0.05, 0) is 26.7 Å².